The number of benzene rings is 2. The van der Waals surface area contributed by atoms with E-state index in [1.165, 1.54) is 18.5 Å². The second-order valence-electron chi connectivity index (χ2n) is 9.09. The minimum absolute atomic E-state index is 0.0183. The predicted molar refractivity (Wildman–Crippen MR) is 129 cm³/mol. The zero-order valence-electron chi connectivity index (χ0n) is 19.4. The van der Waals surface area contributed by atoms with Crippen molar-refractivity contribution >= 4 is 17.5 Å². The second kappa shape index (κ2) is 9.67. The van der Waals surface area contributed by atoms with Gasteiger partial charge in [0.25, 0.3) is 5.91 Å². The zero-order valence-corrected chi connectivity index (χ0v) is 19.4. The molecule has 2 aliphatic rings. The molecule has 2 aliphatic heterocycles. The minimum Gasteiger partial charge on any atom is -0.372 e. The van der Waals surface area contributed by atoms with Crippen LogP contribution in [0.15, 0.2) is 59.1 Å². The van der Waals surface area contributed by atoms with Gasteiger partial charge in [-0.05, 0) is 55.2 Å². The molecule has 3 aromatic rings. The van der Waals surface area contributed by atoms with Gasteiger partial charge in [0.2, 0.25) is 5.82 Å². The van der Waals surface area contributed by atoms with Gasteiger partial charge in [-0.3, -0.25) is 9.59 Å². The number of hydrogen-bond donors (Lipinski definition) is 0. The molecule has 2 aromatic carbocycles. The van der Waals surface area contributed by atoms with Gasteiger partial charge in [-0.1, -0.05) is 30.3 Å². The molecule has 1 aromatic heterocycles. The van der Waals surface area contributed by atoms with E-state index >= 15 is 0 Å². The van der Waals surface area contributed by atoms with E-state index < -0.39 is 0 Å². The fourth-order valence-corrected chi connectivity index (χ4v) is 4.53. The largest absolute Gasteiger partial charge is 0.372 e. The Bertz CT molecular complexity index is 1130. The molecule has 2 saturated heterocycles. The Balaban J connectivity index is 1.19. The third-order valence-electron chi connectivity index (χ3n) is 6.76. The number of hydrogen-bond acceptors (Lipinski definition) is 6. The van der Waals surface area contributed by atoms with Crippen molar-refractivity contribution in [2.45, 2.75) is 19.8 Å². The van der Waals surface area contributed by atoms with Gasteiger partial charge in [-0.25, -0.2) is 0 Å². The van der Waals surface area contributed by atoms with Crippen LogP contribution in [0.4, 0.5) is 5.69 Å². The van der Waals surface area contributed by atoms with Crippen LogP contribution in [0, 0.1) is 5.92 Å². The summed E-state index contributed by atoms with van der Waals surface area (Å²) in [6.45, 7) is 6.25. The van der Waals surface area contributed by atoms with E-state index in [0.717, 1.165) is 24.6 Å². The molecule has 2 amide bonds. The SMILES string of the molecule is CC1CCN(c2ccc(-c3noc(C(=O)N4CCN(C(=O)c5ccccc5)CC4)n3)cc2)CC1. The number of piperazine rings is 1. The highest BCUT2D eigenvalue weighted by Crippen LogP contribution is 2.25. The van der Waals surface area contributed by atoms with Crippen molar-refractivity contribution in [3.8, 4) is 11.4 Å². The lowest BCUT2D eigenvalue weighted by Gasteiger charge is -2.34. The fourth-order valence-electron chi connectivity index (χ4n) is 4.53. The molecule has 0 unspecified atom stereocenters. The highest BCUT2D eigenvalue weighted by molar-refractivity contribution is 5.94. The Hall–Kier alpha value is -3.68. The van der Waals surface area contributed by atoms with Gasteiger partial charge in [0, 0.05) is 56.1 Å². The van der Waals surface area contributed by atoms with Crippen LogP contribution in [0.1, 0.15) is 40.8 Å². The molecule has 0 saturated carbocycles. The van der Waals surface area contributed by atoms with Gasteiger partial charge < -0.3 is 19.2 Å². The molecule has 0 spiro atoms. The quantitative estimate of drug-likeness (QED) is 0.593. The van der Waals surface area contributed by atoms with Gasteiger partial charge in [0.15, 0.2) is 0 Å². The lowest BCUT2D eigenvalue weighted by atomic mass is 9.98. The van der Waals surface area contributed by atoms with Crippen LogP contribution in [-0.2, 0) is 0 Å². The first-order valence-corrected chi connectivity index (χ1v) is 11.9. The average molecular weight is 460 g/mol. The monoisotopic (exact) mass is 459 g/mol. The highest BCUT2D eigenvalue weighted by Gasteiger charge is 2.28. The number of rotatable bonds is 4. The molecule has 2 fully saturated rings. The number of aromatic nitrogens is 2. The summed E-state index contributed by atoms with van der Waals surface area (Å²) in [6.07, 6.45) is 2.43. The molecule has 34 heavy (non-hydrogen) atoms. The van der Waals surface area contributed by atoms with E-state index in [1.54, 1.807) is 21.9 Å². The van der Waals surface area contributed by atoms with Gasteiger partial charge in [-0.15, -0.1) is 0 Å². The standard InChI is InChI=1S/C26H29N5O3/c1-19-11-13-29(14-12-19)22-9-7-20(8-10-22)23-27-24(34-28-23)26(33)31-17-15-30(16-18-31)25(32)21-5-3-2-4-6-21/h2-10,19H,11-18H2,1H3. The Morgan fingerprint density at radius 3 is 2.09 bits per heavy atom. The number of piperidine rings is 1. The van der Waals surface area contributed by atoms with Crippen LogP contribution >= 0.6 is 0 Å². The van der Waals surface area contributed by atoms with Crippen molar-refractivity contribution in [3.63, 3.8) is 0 Å². The molecule has 8 heteroatoms. The molecule has 3 heterocycles. The summed E-state index contributed by atoms with van der Waals surface area (Å²) in [6, 6.07) is 17.3. The predicted octanol–water partition coefficient (Wildman–Crippen LogP) is 3.57. The van der Waals surface area contributed by atoms with Crippen molar-refractivity contribution < 1.29 is 14.1 Å². The van der Waals surface area contributed by atoms with E-state index in [0.29, 0.717) is 37.6 Å². The number of anilines is 1. The zero-order chi connectivity index (χ0) is 23.5. The normalized spacial score (nSPS) is 17.1. The smallest absolute Gasteiger partial charge is 0.316 e. The molecule has 0 bridgehead atoms. The molecule has 0 aliphatic carbocycles. The van der Waals surface area contributed by atoms with Crippen LogP contribution in [0.2, 0.25) is 0 Å². The molecule has 176 valence electrons. The summed E-state index contributed by atoms with van der Waals surface area (Å²) in [4.78, 5) is 35.7. The third-order valence-corrected chi connectivity index (χ3v) is 6.76. The third kappa shape index (κ3) is 4.66. The number of nitrogens with zero attached hydrogens (tertiary/aromatic N) is 5. The fraction of sp³-hybridized carbons (Fsp3) is 0.385. The van der Waals surface area contributed by atoms with Gasteiger partial charge in [0.1, 0.15) is 0 Å². The van der Waals surface area contributed by atoms with Crippen molar-refractivity contribution in [3.05, 3.63) is 66.1 Å². The second-order valence-corrected chi connectivity index (χ2v) is 9.09. The van der Waals surface area contributed by atoms with Crippen LogP contribution in [0.5, 0.6) is 0 Å². The van der Waals surface area contributed by atoms with Gasteiger partial charge in [0.05, 0.1) is 0 Å². The Labute approximate surface area is 199 Å². The van der Waals surface area contributed by atoms with Crippen LogP contribution in [0.3, 0.4) is 0 Å². The van der Waals surface area contributed by atoms with E-state index in [2.05, 4.69) is 34.1 Å². The lowest BCUT2D eigenvalue weighted by molar-refractivity contribution is 0.0508. The van der Waals surface area contributed by atoms with Gasteiger partial charge in [-0.2, -0.15) is 4.98 Å². The Morgan fingerprint density at radius 1 is 0.824 bits per heavy atom. The molecule has 8 nitrogen and oxygen atoms in total. The summed E-state index contributed by atoms with van der Waals surface area (Å²) in [5, 5.41) is 4.03. The van der Waals surface area contributed by atoms with Crippen LogP contribution in [-0.4, -0.2) is 71.0 Å². The average Bonchev–Trinajstić information content (AvgIpc) is 3.39. The van der Waals surface area contributed by atoms with Crippen LogP contribution in [0.25, 0.3) is 11.4 Å². The summed E-state index contributed by atoms with van der Waals surface area (Å²) < 4.78 is 5.29. The molecule has 0 N–H and O–H groups in total. The first kappa shape index (κ1) is 22.1. The number of carbonyl (C=O) groups is 2. The molecule has 0 radical (unpaired) electrons. The first-order valence-electron chi connectivity index (χ1n) is 11.9. The van der Waals surface area contributed by atoms with Crippen LogP contribution < -0.4 is 4.90 Å². The number of carbonyl (C=O) groups excluding carboxylic acids is 2. The first-order chi connectivity index (χ1) is 16.6. The maximum atomic E-state index is 12.9. The molecule has 0 atom stereocenters. The van der Waals surface area contributed by atoms with Crippen molar-refractivity contribution in [2.24, 2.45) is 5.92 Å². The van der Waals surface area contributed by atoms with E-state index in [1.807, 2.05) is 30.3 Å². The maximum absolute atomic E-state index is 12.9. The van der Waals surface area contributed by atoms with E-state index in [-0.39, 0.29) is 17.7 Å². The highest BCUT2D eigenvalue weighted by atomic mass is 16.5. The van der Waals surface area contributed by atoms with Gasteiger partial charge >= 0.3 is 11.8 Å². The Kier molecular flexibility index (Phi) is 6.29. The summed E-state index contributed by atoms with van der Waals surface area (Å²) in [5.74, 6) is 0.852. The molecule has 5 rings (SSSR count). The van der Waals surface area contributed by atoms with Crippen molar-refractivity contribution in [1.29, 1.82) is 0 Å². The number of amides is 2. The summed E-state index contributed by atoms with van der Waals surface area (Å²) in [5.41, 5.74) is 2.67. The maximum Gasteiger partial charge on any atom is 0.316 e. The minimum atomic E-state index is -0.301. The van der Waals surface area contributed by atoms with Crippen molar-refractivity contribution in [1.82, 2.24) is 19.9 Å². The lowest BCUT2D eigenvalue weighted by Crippen LogP contribution is -2.50. The molecular formula is C26H29N5O3. The van der Waals surface area contributed by atoms with Crippen molar-refractivity contribution in [2.75, 3.05) is 44.2 Å². The summed E-state index contributed by atoms with van der Waals surface area (Å²) in [7, 11) is 0. The summed E-state index contributed by atoms with van der Waals surface area (Å²) >= 11 is 0. The topological polar surface area (TPSA) is 82.8 Å². The Morgan fingerprint density at radius 2 is 1.44 bits per heavy atom. The molecular weight excluding hydrogens is 430 g/mol. The van der Waals surface area contributed by atoms with E-state index in [9.17, 15) is 9.59 Å². The van der Waals surface area contributed by atoms with E-state index in [4.69, 9.17) is 4.52 Å².